The lowest BCUT2D eigenvalue weighted by Gasteiger charge is -2.07. The number of rotatable bonds is 2. The number of nitrogens with two attached hydrogens (primary N) is 1. The van der Waals surface area contributed by atoms with Crippen LogP contribution >= 0.6 is 12.4 Å². The van der Waals surface area contributed by atoms with E-state index < -0.39 is 0 Å². The minimum atomic E-state index is -0.144. The summed E-state index contributed by atoms with van der Waals surface area (Å²) in [5.41, 5.74) is 7.97. The number of hydrogen-bond acceptors (Lipinski definition) is 2. The van der Waals surface area contributed by atoms with Gasteiger partial charge in [0.2, 0.25) is 0 Å². The Kier molecular flexibility index (Phi) is 5.13. The van der Waals surface area contributed by atoms with Gasteiger partial charge < -0.3 is 5.73 Å². The van der Waals surface area contributed by atoms with Crippen LogP contribution in [0, 0.1) is 18.3 Å². The van der Waals surface area contributed by atoms with E-state index in [9.17, 15) is 0 Å². The molecule has 0 aliphatic rings. The third-order valence-electron chi connectivity index (χ3n) is 1.78. The Morgan fingerprint density at radius 3 is 2.77 bits per heavy atom. The van der Waals surface area contributed by atoms with Crippen molar-refractivity contribution in [2.45, 2.75) is 19.4 Å². The Morgan fingerprint density at radius 2 is 2.23 bits per heavy atom. The Labute approximate surface area is 84.8 Å². The molecule has 0 bridgehead atoms. The van der Waals surface area contributed by atoms with Crippen LogP contribution in [0.5, 0.6) is 0 Å². The van der Waals surface area contributed by atoms with Gasteiger partial charge in [-0.25, -0.2) is 0 Å². The molecule has 0 unspecified atom stereocenters. The van der Waals surface area contributed by atoms with E-state index in [1.807, 2.05) is 31.2 Å². The van der Waals surface area contributed by atoms with Crippen molar-refractivity contribution < 1.29 is 0 Å². The van der Waals surface area contributed by atoms with Crippen LogP contribution in [0.25, 0.3) is 0 Å². The quantitative estimate of drug-likeness (QED) is 0.790. The number of nitriles is 1. The van der Waals surface area contributed by atoms with E-state index in [0.29, 0.717) is 6.42 Å². The van der Waals surface area contributed by atoms with Crippen molar-refractivity contribution in [3.8, 4) is 6.07 Å². The van der Waals surface area contributed by atoms with Crippen LogP contribution < -0.4 is 5.73 Å². The lowest BCUT2D eigenvalue weighted by molar-refractivity contribution is 0.748. The van der Waals surface area contributed by atoms with Crippen molar-refractivity contribution in [1.29, 1.82) is 5.26 Å². The summed E-state index contributed by atoms with van der Waals surface area (Å²) >= 11 is 0. The minimum absolute atomic E-state index is 0. The first-order valence-corrected chi connectivity index (χ1v) is 3.93. The maximum atomic E-state index is 8.44. The highest BCUT2D eigenvalue weighted by Crippen LogP contribution is 2.14. The van der Waals surface area contributed by atoms with Crippen molar-refractivity contribution in [1.82, 2.24) is 0 Å². The summed E-state index contributed by atoms with van der Waals surface area (Å²) < 4.78 is 0. The molecule has 0 amide bonds. The zero-order valence-corrected chi connectivity index (χ0v) is 8.34. The molecule has 0 spiro atoms. The molecule has 0 saturated carbocycles. The predicted octanol–water partition coefficient (Wildman–Crippen LogP) is 2.33. The fraction of sp³-hybridized carbons (Fsp3) is 0.300. The zero-order chi connectivity index (χ0) is 8.97. The van der Waals surface area contributed by atoms with Crippen LogP contribution in [0.15, 0.2) is 24.3 Å². The molecular formula is C10H13ClN2. The maximum Gasteiger partial charge on any atom is 0.0641 e. The van der Waals surface area contributed by atoms with Gasteiger partial charge in [0.1, 0.15) is 0 Å². The van der Waals surface area contributed by atoms with Crippen LogP contribution in [0.1, 0.15) is 23.6 Å². The molecule has 3 heteroatoms. The van der Waals surface area contributed by atoms with Gasteiger partial charge in [-0.15, -0.1) is 12.4 Å². The molecule has 0 saturated heterocycles. The highest BCUT2D eigenvalue weighted by Gasteiger charge is 2.03. The van der Waals surface area contributed by atoms with Crippen LogP contribution in [0.3, 0.4) is 0 Å². The highest BCUT2D eigenvalue weighted by molar-refractivity contribution is 5.85. The van der Waals surface area contributed by atoms with E-state index >= 15 is 0 Å². The Morgan fingerprint density at radius 1 is 1.54 bits per heavy atom. The summed E-state index contributed by atoms with van der Waals surface area (Å²) in [6, 6.07) is 9.86. The van der Waals surface area contributed by atoms with Crippen LogP contribution in [0.4, 0.5) is 0 Å². The molecule has 13 heavy (non-hydrogen) atoms. The summed E-state index contributed by atoms with van der Waals surface area (Å²) in [7, 11) is 0. The fourth-order valence-electron chi connectivity index (χ4n) is 1.12. The second-order valence-corrected chi connectivity index (χ2v) is 2.88. The molecule has 70 valence electrons. The number of halogens is 1. The van der Waals surface area contributed by atoms with E-state index in [1.165, 1.54) is 5.56 Å². The van der Waals surface area contributed by atoms with Crippen LogP contribution in [-0.4, -0.2) is 0 Å². The van der Waals surface area contributed by atoms with E-state index in [1.54, 1.807) is 0 Å². The normalized spacial score (nSPS) is 11.2. The van der Waals surface area contributed by atoms with Crippen molar-refractivity contribution in [2.75, 3.05) is 0 Å². The molecule has 2 nitrogen and oxygen atoms in total. The van der Waals surface area contributed by atoms with E-state index in [-0.39, 0.29) is 18.4 Å². The number of aryl methyl sites for hydroxylation is 1. The summed E-state index contributed by atoms with van der Waals surface area (Å²) in [4.78, 5) is 0. The minimum Gasteiger partial charge on any atom is -0.323 e. The number of nitrogens with zero attached hydrogens (tertiary/aromatic N) is 1. The van der Waals surface area contributed by atoms with Crippen LogP contribution in [-0.2, 0) is 0 Å². The molecule has 1 aromatic carbocycles. The second-order valence-electron chi connectivity index (χ2n) is 2.88. The Balaban J connectivity index is 0.00000144. The Bertz CT molecular complexity index is 304. The van der Waals surface area contributed by atoms with Gasteiger partial charge in [-0.05, 0) is 12.5 Å². The molecule has 0 radical (unpaired) electrons. The van der Waals surface area contributed by atoms with Crippen molar-refractivity contribution in [3.63, 3.8) is 0 Å². The first-order valence-electron chi connectivity index (χ1n) is 3.93. The van der Waals surface area contributed by atoms with Crippen molar-refractivity contribution in [2.24, 2.45) is 5.73 Å². The fourth-order valence-corrected chi connectivity index (χ4v) is 1.12. The molecule has 1 aromatic rings. The van der Waals surface area contributed by atoms with Crippen molar-refractivity contribution >= 4 is 12.4 Å². The highest BCUT2D eigenvalue weighted by atomic mass is 35.5. The molecular weight excluding hydrogens is 184 g/mol. The smallest absolute Gasteiger partial charge is 0.0641 e. The predicted molar refractivity (Wildman–Crippen MR) is 55.6 cm³/mol. The van der Waals surface area contributed by atoms with Gasteiger partial charge >= 0.3 is 0 Å². The average molecular weight is 197 g/mol. The monoisotopic (exact) mass is 196 g/mol. The first-order chi connectivity index (χ1) is 5.74. The third kappa shape index (κ3) is 3.45. The summed E-state index contributed by atoms with van der Waals surface area (Å²) in [5.74, 6) is 0. The largest absolute Gasteiger partial charge is 0.323 e. The van der Waals surface area contributed by atoms with Gasteiger partial charge in [-0.1, -0.05) is 29.8 Å². The molecule has 1 atom stereocenters. The first kappa shape index (κ1) is 12.0. The SMILES string of the molecule is Cc1cccc([C@@H](N)CC#N)c1.Cl. The van der Waals surface area contributed by atoms with E-state index in [4.69, 9.17) is 11.0 Å². The zero-order valence-electron chi connectivity index (χ0n) is 7.53. The molecule has 1 rings (SSSR count). The summed E-state index contributed by atoms with van der Waals surface area (Å²) in [5, 5.41) is 8.44. The van der Waals surface area contributed by atoms with Gasteiger partial charge in [-0.3, -0.25) is 0 Å². The lowest BCUT2D eigenvalue weighted by Crippen LogP contribution is -2.08. The van der Waals surface area contributed by atoms with E-state index in [2.05, 4.69) is 6.07 Å². The lowest BCUT2D eigenvalue weighted by atomic mass is 10.0. The van der Waals surface area contributed by atoms with Gasteiger partial charge in [0.05, 0.1) is 12.5 Å². The van der Waals surface area contributed by atoms with Crippen molar-refractivity contribution in [3.05, 3.63) is 35.4 Å². The van der Waals surface area contributed by atoms with Gasteiger partial charge in [0.15, 0.2) is 0 Å². The molecule has 2 N–H and O–H groups in total. The molecule has 0 heterocycles. The summed E-state index contributed by atoms with van der Waals surface area (Å²) in [6.07, 6.45) is 0.378. The number of benzene rings is 1. The molecule has 0 fully saturated rings. The Hall–Kier alpha value is -1.04. The van der Waals surface area contributed by atoms with Crippen LogP contribution in [0.2, 0.25) is 0 Å². The maximum absolute atomic E-state index is 8.44. The topological polar surface area (TPSA) is 49.8 Å². The number of hydrogen-bond donors (Lipinski definition) is 1. The van der Waals surface area contributed by atoms with Gasteiger partial charge in [-0.2, -0.15) is 5.26 Å². The third-order valence-corrected chi connectivity index (χ3v) is 1.78. The van der Waals surface area contributed by atoms with E-state index in [0.717, 1.165) is 5.56 Å². The second kappa shape index (κ2) is 5.58. The summed E-state index contributed by atoms with van der Waals surface area (Å²) in [6.45, 7) is 2.02. The standard InChI is InChI=1S/C10H12N2.ClH/c1-8-3-2-4-9(7-8)10(12)5-6-11;/h2-4,7,10H,5,12H2,1H3;1H/t10-;/m0./s1. The average Bonchev–Trinajstić information content (AvgIpc) is 2.05. The molecule has 0 aliphatic carbocycles. The molecule has 0 aromatic heterocycles. The molecule has 0 aliphatic heterocycles. The van der Waals surface area contributed by atoms with Gasteiger partial charge in [0, 0.05) is 6.04 Å². The van der Waals surface area contributed by atoms with Gasteiger partial charge in [0.25, 0.3) is 0 Å².